The molecular weight excluding hydrogens is 160 g/mol. The quantitative estimate of drug-likeness (QED) is 0.473. The van der Waals surface area contributed by atoms with E-state index in [0.29, 0.717) is 11.3 Å². The summed E-state index contributed by atoms with van der Waals surface area (Å²) in [7, 11) is 0. The molecule has 2 nitrogen and oxygen atoms in total. The Bertz CT molecular complexity index is 185. The highest BCUT2D eigenvalue weighted by Crippen LogP contribution is 2.18. The fourth-order valence-electron chi connectivity index (χ4n) is 0.921. The minimum Gasteiger partial charge on any atom is -0.270 e. The van der Waals surface area contributed by atoms with Crippen LogP contribution >= 0.6 is 0 Å². The first-order chi connectivity index (χ1) is 5.87. The molecule has 0 aromatic heterocycles. The molecule has 0 saturated heterocycles. The lowest BCUT2D eigenvalue weighted by Gasteiger charge is -2.16. The molecule has 0 aliphatic heterocycles. The molecule has 0 atom stereocenters. The Kier molecular flexibility index (Phi) is 4.89. The Hall–Kier alpha value is -0.660. The number of aliphatic imine (C=N–C) groups is 2. The van der Waals surface area contributed by atoms with Crippen LogP contribution in [0, 0.1) is 11.3 Å². The van der Waals surface area contributed by atoms with E-state index in [4.69, 9.17) is 0 Å². The van der Waals surface area contributed by atoms with Crippen LogP contribution in [0.4, 0.5) is 0 Å². The van der Waals surface area contributed by atoms with Crippen molar-refractivity contribution in [2.75, 3.05) is 6.54 Å². The molecule has 0 aliphatic carbocycles. The largest absolute Gasteiger partial charge is 0.270 e. The van der Waals surface area contributed by atoms with Gasteiger partial charge in [0, 0.05) is 12.5 Å². The summed E-state index contributed by atoms with van der Waals surface area (Å²) in [5.74, 6) is 1.27. The lowest BCUT2D eigenvalue weighted by Crippen LogP contribution is -2.09. The van der Waals surface area contributed by atoms with Gasteiger partial charge in [-0.2, -0.15) is 0 Å². The van der Waals surface area contributed by atoms with Crippen LogP contribution in [-0.2, 0) is 0 Å². The first-order valence-corrected chi connectivity index (χ1v) is 4.88. The summed E-state index contributed by atoms with van der Waals surface area (Å²) in [6.07, 6.45) is 1.10. The van der Waals surface area contributed by atoms with Crippen LogP contribution in [0.15, 0.2) is 9.98 Å². The van der Waals surface area contributed by atoms with Gasteiger partial charge in [0.1, 0.15) is 5.84 Å². The molecule has 0 aromatic rings. The van der Waals surface area contributed by atoms with E-state index < -0.39 is 0 Å². The van der Waals surface area contributed by atoms with E-state index in [9.17, 15) is 0 Å². The summed E-state index contributed by atoms with van der Waals surface area (Å²) >= 11 is 0. The summed E-state index contributed by atoms with van der Waals surface area (Å²) in [6.45, 7) is 15.2. The number of nitrogens with zero attached hydrogens (tertiary/aromatic N) is 2. The third-order valence-corrected chi connectivity index (χ3v) is 1.81. The van der Waals surface area contributed by atoms with Crippen molar-refractivity contribution in [2.24, 2.45) is 21.3 Å². The second-order valence-corrected chi connectivity index (χ2v) is 4.86. The van der Waals surface area contributed by atoms with Gasteiger partial charge >= 0.3 is 0 Å². The Morgan fingerprint density at radius 2 is 1.85 bits per heavy atom. The molecule has 0 spiro atoms. The fourth-order valence-corrected chi connectivity index (χ4v) is 0.921. The van der Waals surface area contributed by atoms with Crippen molar-refractivity contribution in [1.82, 2.24) is 0 Å². The molecule has 0 amide bonds. The van der Waals surface area contributed by atoms with Gasteiger partial charge in [-0.3, -0.25) is 4.99 Å². The molecule has 76 valence electrons. The zero-order valence-corrected chi connectivity index (χ0v) is 9.59. The number of rotatable bonds is 3. The summed E-state index contributed by atoms with van der Waals surface area (Å²) in [4.78, 5) is 8.32. The van der Waals surface area contributed by atoms with Crippen molar-refractivity contribution in [3.63, 3.8) is 0 Å². The predicted octanol–water partition coefficient (Wildman–Crippen LogP) is 3.18. The molecular formula is C11H22N2. The van der Waals surface area contributed by atoms with Crippen LogP contribution in [0.25, 0.3) is 0 Å². The van der Waals surface area contributed by atoms with Gasteiger partial charge in [0.2, 0.25) is 0 Å². The van der Waals surface area contributed by atoms with Crippen LogP contribution in [0.3, 0.4) is 0 Å². The van der Waals surface area contributed by atoms with Gasteiger partial charge in [-0.1, -0.05) is 34.6 Å². The van der Waals surface area contributed by atoms with E-state index in [-0.39, 0.29) is 0 Å². The van der Waals surface area contributed by atoms with Gasteiger partial charge in [-0.25, -0.2) is 4.99 Å². The fraction of sp³-hybridized carbons (Fsp3) is 0.818. The van der Waals surface area contributed by atoms with Crippen LogP contribution in [0.2, 0.25) is 0 Å². The number of hydrogen-bond acceptors (Lipinski definition) is 1. The van der Waals surface area contributed by atoms with E-state index in [2.05, 4.69) is 51.3 Å². The zero-order valence-electron chi connectivity index (χ0n) is 9.59. The number of amidine groups is 1. The van der Waals surface area contributed by atoms with Crippen molar-refractivity contribution < 1.29 is 0 Å². The molecule has 0 saturated carbocycles. The van der Waals surface area contributed by atoms with Crippen LogP contribution in [-0.4, -0.2) is 19.1 Å². The Morgan fingerprint density at radius 3 is 2.15 bits per heavy atom. The van der Waals surface area contributed by atoms with Crippen LogP contribution < -0.4 is 0 Å². The first-order valence-electron chi connectivity index (χ1n) is 4.88. The topological polar surface area (TPSA) is 24.7 Å². The van der Waals surface area contributed by atoms with Crippen LogP contribution in [0.1, 0.15) is 41.0 Å². The lowest BCUT2D eigenvalue weighted by molar-refractivity contribution is 0.385. The van der Waals surface area contributed by atoms with E-state index in [0.717, 1.165) is 18.8 Å². The lowest BCUT2D eigenvalue weighted by atomic mass is 9.92. The maximum absolute atomic E-state index is 4.41. The smallest absolute Gasteiger partial charge is 0.125 e. The summed E-state index contributed by atoms with van der Waals surface area (Å²) in [5.41, 5.74) is 0.354. The highest BCUT2D eigenvalue weighted by Gasteiger charge is 2.09. The predicted molar refractivity (Wildman–Crippen MR) is 60.8 cm³/mol. The minimum atomic E-state index is 0.354. The van der Waals surface area contributed by atoms with E-state index in [1.54, 1.807) is 0 Å². The molecule has 0 rings (SSSR count). The van der Waals surface area contributed by atoms with Crippen molar-refractivity contribution in [2.45, 2.75) is 41.0 Å². The van der Waals surface area contributed by atoms with Crippen molar-refractivity contribution in [1.29, 1.82) is 0 Å². The minimum absolute atomic E-state index is 0.354. The summed E-state index contributed by atoms with van der Waals surface area (Å²) in [5, 5.41) is 0. The molecule has 0 heterocycles. The molecule has 0 N–H and O–H groups in total. The Labute approximate surface area is 82.2 Å². The molecule has 0 bridgehead atoms. The summed E-state index contributed by atoms with van der Waals surface area (Å²) < 4.78 is 0. The van der Waals surface area contributed by atoms with E-state index >= 15 is 0 Å². The first kappa shape index (κ1) is 12.3. The maximum atomic E-state index is 4.41. The number of hydrogen-bond donors (Lipinski definition) is 0. The van der Waals surface area contributed by atoms with E-state index in [1.165, 1.54) is 0 Å². The highest BCUT2D eigenvalue weighted by atomic mass is 14.9. The molecule has 2 heteroatoms. The maximum Gasteiger partial charge on any atom is 0.125 e. The molecule has 13 heavy (non-hydrogen) atoms. The zero-order chi connectivity index (χ0) is 10.5. The van der Waals surface area contributed by atoms with Crippen molar-refractivity contribution in [3.05, 3.63) is 0 Å². The monoisotopic (exact) mass is 182 g/mol. The van der Waals surface area contributed by atoms with Gasteiger partial charge in [0.15, 0.2) is 0 Å². The van der Waals surface area contributed by atoms with Crippen molar-refractivity contribution >= 4 is 12.6 Å². The molecule has 0 unspecified atom stereocenters. The average molecular weight is 182 g/mol. The molecule has 0 radical (unpaired) electrons. The van der Waals surface area contributed by atoms with Gasteiger partial charge in [0.25, 0.3) is 0 Å². The molecule has 0 aliphatic rings. The second-order valence-electron chi connectivity index (χ2n) is 4.86. The normalized spacial score (nSPS) is 13.5. The van der Waals surface area contributed by atoms with Crippen LogP contribution in [0.5, 0.6) is 0 Å². The standard InChI is InChI=1S/C11H22N2/c1-9(2)10(12-6)13-8-7-11(3,4)5/h9H,6-8H2,1-5H3. The average Bonchev–Trinajstić information content (AvgIpc) is 1.95. The van der Waals surface area contributed by atoms with Gasteiger partial charge < -0.3 is 0 Å². The third kappa shape index (κ3) is 6.50. The third-order valence-electron chi connectivity index (χ3n) is 1.81. The van der Waals surface area contributed by atoms with Gasteiger partial charge in [-0.15, -0.1) is 0 Å². The molecule has 0 fully saturated rings. The van der Waals surface area contributed by atoms with Gasteiger partial charge in [-0.05, 0) is 18.6 Å². The van der Waals surface area contributed by atoms with Gasteiger partial charge in [0.05, 0.1) is 0 Å². The Balaban J connectivity index is 4.02. The summed E-state index contributed by atoms with van der Waals surface area (Å²) in [6, 6.07) is 0. The van der Waals surface area contributed by atoms with E-state index in [1.807, 2.05) is 0 Å². The highest BCUT2D eigenvalue weighted by molar-refractivity contribution is 5.87. The SMILES string of the molecule is C=NC(=NCCC(C)(C)C)C(C)C. The second kappa shape index (κ2) is 5.15. The Morgan fingerprint density at radius 1 is 1.31 bits per heavy atom. The molecule has 0 aromatic carbocycles. The van der Waals surface area contributed by atoms with Crippen molar-refractivity contribution in [3.8, 4) is 0 Å².